The van der Waals surface area contributed by atoms with Gasteiger partial charge >= 0.3 is 0 Å². The molecule has 0 saturated carbocycles. The van der Waals surface area contributed by atoms with Crippen LogP contribution in [0.4, 0.5) is 5.69 Å². The summed E-state index contributed by atoms with van der Waals surface area (Å²) in [6, 6.07) is 13.4. The van der Waals surface area contributed by atoms with Crippen molar-refractivity contribution < 1.29 is 4.74 Å². The van der Waals surface area contributed by atoms with Crippen LogP contribution in [0, 0.1) is 11.5 Å². The van der Waals surface area contributed by atoms with E-state index in [1.54, 1.807) is 18.5 Å². The fourth-order valence-corrected chi connectivity index (χ4v) is 1.85. The second kappa shape index (κ2) is 9.79. The van der Waals surface area contributed by atoms with Crippen LogP contribution in [0.2, 0.25) is 0 Å². The summed E-state index contributed by atoms with van der Waals surface area (Å²) in [6.07, 6.45) is 7.00. The van der Waals surface area contributed by atoms with E-state index < -0.39 is 0 Å². The molecule has 2 N–H and O–H groups in total. The van der Waals surface area contributed by atoms with E-state index in [0.717, 1.165) is 18.6 Å². The molecule has 0 aliphatic heterocycles. The van der Waals surface area contributed by atoms with Crippen LogP contribution in [0.1, 0.15) is 12.8 Å². The summed E-state index contributed by atoms with van der Waals surface area (Å²) in [5.74, 6) is 1.30. The zero-order valence-corrected chi connectivity index (χ0v) is 12.8. The fraction of sp³-hybridized carbons (Fsp3) is 0.235. The lowest BCUT2D eigenvalue weighted by Gasteiger charge is -2.08. The van der Waals surface area contributed by atoms with Gasteiger partial charge in [0.05, 0.1) is 18.5 Å². The topological polar surface area (TPSA) is 82.3 Å². The van der Waals surface area contributed by atoms with E-state index in [-0.39, 0.29) is 0 Å². The van der Waals surface area contributed by atoms with Crippen molar-refractivity contribution in [2.24, 2.45) is 4.99 Å². The summed E-state index contributed by atoms with van der Waals surface area (Å²) in [6.45, 7) is 1.36. The zero-order chi connectivity index (χ0) is 16.2. The van der Waals surface area contributed by atoms with E-state index in [1.807, 2.05) is 42.6 Å². The van der Waals surface area contributed by atoms with Crippen molar-refractivity contribution in [1.82, 2.24) is 15.6 Å². The lowest BCUT2D eigenvalue weighted by atomic mass is 10.3. The lowest BCUT2D eigenvalue weighted by molar-refractivity contribution is 0.307. The van der Waals surface area contributed by atoms with Crippen molar-refractivity contribution in [3.05, 3.63) is 54.9 Å². The van der Waals surface area contributed by atoms with Gasteiger partial charge in [-0.3, -0.25) is 10.3 Å². The van der Waals surface area contributed by atoms with Crippen LogP contribution in [0.5, 0.6) is 5.75 Å². The van der Waals surface area contributed by atoms with Gasteiger partial charge < -0.3 is 10.1 Å². The Bertz CT molecular complexity index is 637. The van der Waals surface area contributed by atoms with E-state index in [0.29, 0.717) is 24.8 Å². The third-order valence-corrected chi connectivity index (χ3v) is 2.94. The highest BCUT2D eigenvalue weighted by Crippen LogP contribution is 2.09. The van der Waals surface area contributed by atoms with Crippen LogP contribution in [0.3, 0.4) is 0 Å². The van der Waals surface area contributed by atoms with Gasteiger partial charge in [-0.25, -0.2) is 4.99 Å². The number of guanidine groups is 1. The highest BCUT2D eigenvalue weighted by Gasteiger charge is 1.98. The van der Waals surface area contributed by atoms with Crippen LogP contribution in [0.25, 0.3) is 0 Å². The molecule has 118 valence electrons. The molecular weight excluding hydrogens is 290 g/mol. The summed E-state index contributed by atoms with van der Waals surface area (Å²) in [4.78, 5) is 8.28. The monoisotopic (exact) mass is 309 g/mol. The maximum Gasteiger partial charge on any atom is 0.209 e. The van der Waals surface area contributed by atoms with E-state index >= 15 is 0 Å². The Morgan fingerprint density at radius 3 is 2.78 bits per heavy atom. The van der Waals surface area contributed by atoms with E-state index in [2.05, 4.69) is 20.6 Å². The van der Waals surface area contributed by atoms with Crippen LogP contribution in [-0.4, -0.2) is 24.1 Å². The molecule has 0 amide bonds. The lowest BCUT2D eigenvalue weighted by Crippen LogP contribution is -2.34. The molecule has 0 atom stereocenters. The quantitative estimate of drug-likeness (QED) is 0.270. The van der Waals surface area contributed by atoms with Gasteiger partial charge in [0, 0.05) is 12.7 Å². The molecule has 6 heteroatoms. The van der Waals surface area contributed by atoms with Crippen molar-refractivity contribution in [3.63, 3.8) is 0 Å². The molecule has 0 bridgehead atoms. The summed E-state index contributed by atoms with van der Waals surface area (Å²) in [5, 5.41) is 14.4. The number of para-hydroxylation sites is 1. The molecule has 23 heavy (non-hydrogen) atoms. The molecule has 0 unspecified atom stereocenters. The first-order valence-electron chi connectivity index (χ1n) is 7.44. The number of aromatic nitrogens is 1. The largest absolute Gasteiger partial charge is 0.494 e. The third-order valence-electron chi connectivity index (χ3n) is 2.94. The van der Waals surface area contributed by atoms with Crippen LogP contribution >= 0.6 is 0 Å². The first-order valence-corrected chi connectivity index (χ1v) is 7.44. The Morgan fingerprint density at radius 1 is 1.17 bits per heavy atom. The first-order chi connectivity index (χ1) is 11.4. The average Bonchev–Trinajstić information content (AvgIpc) is 2.60. The molecule has 1 aromatic carbocycles. The number of ether oxygens (including phenoxy) is 1. The highest BCUT2D eigenvalue weighted by molar-refractivity contribution is 5.83. The van der Waals surface area contributed by atoms with Gasteiger partial charge in [0.1, 0.15) is 5.75 Å². The number of nitrogens with zero attached hydrogens (tertiary/aromatic N) is 3. The van der Waals surface area contributed by atoms with E-state index in [9.17, 15) is 0 Å². The maximum atomic E-state index is 8.76. The summed E-state index contributed by atoms with van der Waals surface area (Å²) in [7, 11) is 0. The molecule has 2 rings (SSSR count). The molecule has 2 aromatic rings. The Labute approximate surface area is 135 Å². The van der Waals surface area contributed by atoms with Crippen LogP contribution in [0.15, 0.2) is 59.9 Å². The van der Waals surface area contributed by atoms with Crippen molar-refractivity contribution in [2.75, 3.05) is 13.2 Å². The molecule has 6 nitrogen and oxygen atoms in total. The predicted octanol–water partition coefficient (Wildman–Crippen LogP) is 2.59. The second-order valence-electron chi connectivity index (χ2n) is 4.70. The minimum Gasteiger partial charge on any atom is -0.494 e. The molecule has 0 saturated heterocycles. The number of benzene rings is 1. The summed E-state index contributed by atoms with van der Waals surface area (Å²) >= 11 is 0. The van der Waals surface area contributed by atoms with Crippen molar-refractivity contribution in [2.45, 2.75) is 12.8 Å². The molecule has 0 fully saturated rings. The number of rotatable bonds is 7. The van der Waals surface area contributed by atoms with E-state index in [4.69, 9.17) is 10.00 Å². The summed E-state index contributed by atoms with van der Waals surface area (Å²) < 4.78 is 5.62. The minimum absolute atomic E-state index is 0.421. The number of hydrogen-bond donors (Lipinski definition) is 2. The SMILES string of the molecule is N#CNC(=Nc1cccnc1)NCCCCOc1ccccc1. The first kappa shape index (κ1) is 16.3. The molecule has 0 radical (unpaired) electrons. The zero-order valence-electron chi connectivity index (χ0n) is 12.8. The Balaban J connectivity index is 1.68. The van der Waals surface area contributed by atoms with Crippen molar-refractivity contribution in [1.29, 1.82) is 5.26 Å². The molecule has 1 heterocycles. The Morgan fingerprint density at radius 2 is 2.04 bits per heavy atom. The average molecular weight is 309 g/mol. The van der Waals surface area contributed by atoms with Gasteiger partial charge in [-0.15, -0.1) is 0 Å². The fourth-order valence-electron chi connectivity index (χ4n) is 1.85. The molecular formula is C17H19N5O. The van der Waals surface area contributed by atoms with Gasteiger partial charge in [-0.2, -0.15) is 5.26 Å². The Kier molecular flexibility index (Phi) is 6.94. The number of hydrogen-bond acceptors (Lipinski definition) is 4. The van der Waals surface area contributed by atoms with Crippen molar-refractivity contribution in [3.8, 4) is 11.9 Å². The Hall–Kier alpha value is -3.07. The smallest absolute Gasteiger partial charge is 0.209 e. The standard InChI is InChI=1S/C17H19N5O/c18-14-21-17(22-15-7-6-10-19-13-15)20-11-4-5-12-23-16-8-2-1-3-9-16/h1-3,6-10,13H,4-5,11-12H2,(H2,20,21,22). The predicted molar refractivity (Wildman–Crippen MR) is 89.3 cm³/mol. The van der Waals surface area contributed by atoms with Gasteiger partial charge in [0.2, 0.25) is 5.96 Å². The molecule has 0 spiro atoms. The number of nitrogens with one attached hydrogen (secondary N) is 2. The minimum atomic E-state index is 0.421. The highest BCUT2D eigenvalue weighted by atomic mass is 16.5. The number of unbranched alkanes of at least 4 members (excludes halogenated alkanes) is 1. The third kappa shape index (κ3) is 6.48. The summed E-state index contributed by atoms with van der Waals surface area (Å²) in [5.41, 5.74) is 0.685. The van der Waals surface area contributed by atoms with Crippen molar-refractivity contribution >= 4 is 11.6 Å². The number of nitriles is 1. The van der Waals surface area contributed by atoms with Crippen LogP contribution < -0.4 is 15.4 Å². The molecule has 1 aromatic heterocycles. The van der Waals surface area contributed by atoms with Crippen LogP contribution in [-0.2, 0) is 0 Å². The van der Waals surface area contributed by atoms with Gasteiger partial charge in [-0.1, -0.05) is 18.2 Å². The normalized spacial score (nSPS) is 10.7. The van der Waals surface area contributed by atoms with Gasteiger partial charge in [0.25, 0.3) is 0 Å². The number of pyridine rings is 1. The molecule has 0 aliphatic rings. The maximum absolute atomic E-state index is 8.76. The second-order valence-corrected chi connectivity index (χ2v) is 4.70. The number of aliphatic imine (C=N–C) groups is 1. The van der Waals surface area contributed by atoms with E-state index in [1.165, 1.54) is 0 Å². The van der Waals surface area contributed by atoms with Gasteiger partial charge in [-0.05, 0) is 37.1 Å². The molecule has 0 aliphatic carbocycles. The van der Waals surface area contributed by atoms with Gasteiger partial charge in [0.15, 0.2) is 6.19 Å².